The largest absolute Gasteiger partial charge is 0.468 e. The van der Waals surface area contributed by atoms with E-state index in [-0.39, 0.29) is 23.2 Å². The van der Waals surface area contributed by atoms with Crippen molar-refractivity contribution in [1.82, 2.24) is 9.97 Å². The molecule has 0 saturated carbocycles. The normalized spacial score (nSPS) is 10.2. The number of nitrogens with zero attached hydrogens (tertiary/aromatic N) is 3. The molecular formula is C11H7ClFN3O3. The fourth-order valence-corrected chi connectivity index (χ4v) is 1.56. The Bertz CT molecular complexity index is 624. The SMILES string of the molecule is O=[N+]([O-])c1c(Cl)ncnc1OCc1ccccc1F. The Morgan fingerprint density at radius 2 is 2.11 bits per heavy atom. The molecule has 2 rings (SSSR count). The molecule has 6 nitrogen and oxygen atoms in total. The molecule has 0 aliphatic rings. The first kappa shape index (κ1) is 13.2. The number of aromatic nitrogens is 2. The molecule has 1 aromatic carbocycles. The van der Waals surface area contributed by atoms with Gasteiger partial charge in [-0.05, 0) is 6.07 Å². The summed E-state index contributed by atoms with van der Waals surface area (Å²) in [5.41, 5.74) is -0.285. The van der Waals surface area contributed by atoms with E-state index in [0.29, 0.717) is 0 Å². The van der Waals surface area contributed by atoms with Gasteiger partial charge in [-0.15, -0.1) is 0 Å². The summed E-state index contributed by atoms with van der Waals surface area (Å²) in [7, 11) is 0. The lowest BCUT2D eigenvalue weighted by atomic mass is 10.2. The van der Waals surface area contributed by atoms with Gasteiger partial charge in [-0.3, -0.25) is 10.1 Å². The minimum Gasteiger partial charge on any atom is -0.468 e. The van der Waals surface area contributed by atoms with E-state index in [1.54, 1.807) is 6.07 Å². The van der Waals surface area contributed by atoms with Crippen LogP contribution >= 0.6 is 11.6 Å². The predicted octanol–water partition coefficient (Wildman–Crippen LogP) is 2.76. The highest BCUT2D eigenvalue weighted by Crippen LogP contribution is 2.30. The zero-order chi connectivity index (χ0) is 13.8. The van der Waals surface area contributed by atoms with E-state index in [9.17, 15) is 14.5 Å². The molecule has 0 saturated heterocycles. The number of halogens is 2. The van der Waals surface area contributed by atoms with Crippen LogP contribution in [0.2, 0.25) is 5.15 Å². The lowest BCUT2D eigenvalue weighted by molar-refractivity contribution is -0.386. The molecule has 0 atom stereocenters. The molecule has 8 heteroatoms. The van der Waals surface area contributed by atoms with Crippen LogP contribution < -0.4 is 4.74 Å². The maximum atomic E-state index is 13.4. The summed E-state index contributed by atoms with van der Waals surface area (Å²) >= 11 is 5.59. The van der Waals surface area contributed by atoms with Crippen molar-refractivity contribution < 1.29 is 14.1 Å². The highest BCUT2D eigenvalue weighted by atomic mass is 35.5. The third-order valence-electron chi connectivity index (χ3n) is 2.25. The number of benzene rings is 1. The summed E-state index contributed by atoms with van der Waals surface area (Å²) < 4.78 is 18.5. The molecular weight excluding hydrogens is 277 g/mol. The standard InChI is InChI=1S/C11H7ClFN3O3/c12-10-9(16(17)18)11(15-6-14-10)19-5-7-3-1-2-4-8(7)13/h1-4,6H,5H2. The third-order valence-corrected chi connectivity index (χ3v) is 2.53. The van der Waals surface area contributed by atoms with Gasteiger partial charge in [0.25, 0.3) is 5.88 Å². The van der Waals surface area contributed by atoms with Crippen LogP contribution in [-0.4, -0.2) is 14.9 Å². The molecule has 0 aliphatic carbocycles. The van der Waals surface area contributed by atoms with E-state index in [1.807, 2.05) is 0 Å². The Morgan fingerprint density at radius 1 is 1.37 bits per heavy atom. The Kier molecular flexibility index (Phi) is 3.86. The second kappa shape index (κ2) is 5.57. The van der Waals surface area contributed by atoms with E-state index in [4.69, 9.17) is 16.3 Å². The predicted molar refractivity (Wildman–Crippen MR) is 64.4 cm³/mol. The first-order valence-corrected chi connectivity index (χ1v) is 5.48. The Morgan fingerprint density at radius 3 is 2.79 bits per heavy atom. The Hall–Kier alpha value is -2.28. The van der Waals surface area contributed by atoms with Crippen LogP contribution in [0.5, 0.6) is 5.88 Å². The van der Waals surface area contributed by atoms with Gasteiger partial charge < -0.3 is 4.74 Å². The summed E-state index contributed by atoms with van der Waals surface area (Å²) in [5, 5.41) is 10.5. The minimum absolute atomic E-state index is 0.194. The van der Waals surface area contributed by atoms with Crippen LogP contribution in [0.1, 0.15) is 5.56 Å². The lowest BCUT2D eigenvalue weighted by Crippen LogP contribution is -2.03. The molecule has 0 N–H and O–H groups in total. The number of nitro groups is 1. The molecule has 0 bridgehead atoms. The first-order valence-electron chi connectivity index (χ1n) is 5.10. The molecule has 1 aromatic heterocycles. The van der Waals surface area contributed by atoms with Crippen molar-refractivity contribution in [3.8, 4) is 5.88 Å². The van der Waals surface area contributed by atoms with Gasteiger partial charge in [0.05, 0.1) is 4.92 Å². The molecule has 98 valence electrons. The summed E-state index contributed by atoms with van der Waals surface area (Å²) in [5.74, 6) is -0.765. The van der Waals surface area contributed by atoms with Crippen LogP contribution in [0.4, 0.5) is 10.1 Å². The fourth-order valence-electron chi connectivity index (χ4n) is 1.36. The monoisotopic (exact) mass is 283 g/mol. The van der Waals surface area contributed by atoms with E-state index in [1.165, 1.54) is 18.2 Å². The van der Waals surface area contributed by atoms with Gasteiger partial charge in [0.15, 0.2) is 0 Å². The maximum absolute atomic E-state index is 13.4. The van der Waals surface area contributed by atoms with Crippen molar-refractivity contribution in [3.63, 3.8) is 0 Å². The summed E-state index contributed by atoms with van der Waals surface area (Å²) in [4.78, 5) is 17.2. The third kappa shape index (κ3) is 2.94. The molecule has 0 radical (unpaired) electrons. The van der Waals surface area contributed by atoms with Gasteiger partial charge in [-0.25, -0.2) is 9.37 Å². The number of rotatable bonds is 4. The van der Waals surface area contributed by atoms with Crippen molar-refractivity contribution in [1.29, 1.82) is 0 Å². The Labute approximate surface area is 112 Å². The van der Waals surface area contributed by atoms with Crippen molar-refractivity contribution >= 4 is 17.3 Å². The minimum atomic E-state index is -0.751. The van der Waals surface area contributed by atoms with Gasteiger partial charge in [-0.2, -0.15) is 4.98 Å². The van der Waals surface area contributed by atoms with Crippen molar-refractivity contribution in [2.75, 3.05) is 0 Å². The fraction of sp³-hybridized carbons (Fsp3) is 0.0909. The highest BCUT2D eigenvalue weighted by molar-refractivity contribution is 6.31. The highest BCUT2D eigenvalue weighted by Gasteiger charge is 2.23. The van der Waals surface area contributed by atoms with Crippen LogP contribution in [-0.2, 0) is 6.61 Å². The average molecular weight is 284 g/mol. The maximum Gasteiger partial charge on any atom is 0.367 e. The second-order valence-corrected chi connectivity index (χ2v) is 3.81. The van der Waals surface area contributed by atoms with E-state index in [0.717, 1.165) is 6.33 Å². The molecule has 0 spiro atoms. The lowest BCUT2D eigenvalue weighted by Gasteiger charge is -2.06. The molecule has 1 heterocycles. The first-order chi connectivity index (χ1) is 9.09. The molecule has 0 fully saturated rings. The van der Waals surface area contributed by atoms with Gasteiger partial charge in [-0.1, -0.05) is 29.8 Å². The van der Waals surface area contributed by atoms with Crippen LogP contribution in [0.25, 0.3) is 0 Å². The summed E-state index contributed by atoms with van der Waals surface area (Å²) in [6.07, 6.45) is 1.03. The molecule has 0 unspecified atom stereocenters. The summed E-state index contributed by atoms with van der Waals surface area (Å²) in [6, 6.07) is 5.93. The Balaban J connectivity index is 2.23. The quantitative estimate of drug-likeness (QED) is 0.490. The number of hydrogen-bond acceptors (Lipinski definition) is 5. The topological polar surface area (TPSA) is 78.2 Å². The van der Waals surface area contributed by atoms with Gasteiger partial charge >= 0.3 is 5.69 Å². The number of ether oxygens (including phenoxy) is 1. The molecule has 19 heavy (non-hydrogen) atoms. The van der Waals surface area contributed by atoms with Crippen molar-refractivity contribution in [2.24, 2.45) is 0 Å². The van der Waals surface area contributed by atoms with Crippen LogP contribution in [0.3, 0.4) is 0 Å². The van der Waals surface area contributed by atoms with Gasteiger partial charge in [0.1, 0.15) is 18.8 Å². The van der Waals surface area contributed by atoms with Crippen LogP contribution in [0.15, 0.2) is 30.6 Å². The molecule has 2 aromatic rings. The van der Waals surface area contributed by atoms with Gasteiger partial charge in [0, 0.05) is 5.56 Å². The van der Waals surface area contributed by atoms with E-state index < -0.39 is 16.4 Å². The zero-order valence-electron chi connectivity index (χ0n) is 9.42. The molecule has 0 amide bonds. The van der Waals surface area contributed by atoms with Crippen molar-refractivity contribution in [3.05, 3.63) is 57.2 Å². The van der Waals surface area contributed by atoms with E-state index >= 15 is 0 Å². The van der Waals surface area contributed by atoms with Crippen LogP contribution in [0, 0.1) is 15.9 Å². The second-order valence-electron chi connectivity index (χ2n) is 3.46. The molecule has 0 aliphatic heterocycles. The average Bonchev–Trinajstić information content (AvgIpc) is 2.37. The van der Waals surface area contributed by atoms with Gasteiger partial charge in [0.2, 0.25) is 5.15 Å². The number of hydrogen-bond donors (Lipinski definition) is 0. The van der Waals surface area contributed by atoms with Crippen molar-refractivity contribution in [2.45, 2.75) is 6.61 Å². The zero-order valence-corrected chi connectivity index (χ0v) is 10.2. The smallest absolute Gasteiger partial charge is 0.367 e. The summed E-state index contributed by atoms with van der Waals surface area (Å²) in [6.45, 7) is -0.194. The van der Waals surface area contributed by atoms with E-state index in [2.05, 4.69) is 9.97 Å².